The number of amides is 2. The molecule has 0 spiro atoms. The van der Waals surface area contributed by atoms with Gasteiger partial charge in [-0.15, -0.1) is 13.2 Å². The summed E-state index contributed by atoms with van der Waals surface area (Å²) in [7, 11) is 0. The summed E-state index contributed by atoms with van der Waals surface area (Å²) in [5.41, 5.74) is -0.724. The molecule has 2 amide bonds. The normalized spacial score (nSPS) is 18.1. The van der Waals surface area contributed by atoms with Crippen molar-refractivity contribution in [3.63, 3.8) is 0 Å². The molecule has 37 heavy (non-hydrogen) atoms. The highest BCUT2D eigenvalue weighted by Crippen LogP contribution is 2.26. The number of hydrogen-bond acceptors (Lipinski definition) is 9. The molecular weight excluding hydrogens is 486 g/mol. The SMILES string of the molecule is C=C.CC(C)(C)OC(=O)N1CC(OC(=O)c2ccc([N+](=O)[O-])cc2)CC1C(=O)NC1CC1.CCOC=O. The van der Waals surface area contributed by atoms with Crippen LogP contribution in [0, 0.1) is 10.1 Å². The first-order valence-corrected chi connectivity index (χ1v) is 11.8. The first kappa shape index (κ1) is 31.1. The molecule has 3 rings (SSSR count). The lowest BCUT2D eigenvalue weighted by molar-refractivity contribution is -0.384. The van der Waals surface area contributed by atoms with Gasteiger partial charge in [0.15, 0.2) is 0 Å². The molecule has 1 saturated heterocycles. The second kappa shape index (κ2) is 14.6. The van der Waals surface area contributed by atoms with Crippen LogP contribution in [0.15, 0.2) is 37.4 Å². The van der Waals surface area contributed by atoms with Gasteiger partial charge in [-0.2, -0.15) is 0 Å². The second-order valence-corrected chi connectivity index (χ2v) is 9.05. The molecule has 0 radical (unpaired) electrons. The third-order valence-corrected chi connectivity index (χ3v) is 4.94. The van der Waals surface area contributed by atoms with Crippen molar-refractivity contribution in [3.05, 3.63) is 53.1 Å². The number of carbonyl (C=O) groups excluding carboxylic acids is 4. The van der Waals surface area contributed by atoms with Crippen LogP contribution in [0.2, 0.25) is 0 Å². The topological polar surface area (TPSA) is 154 Å². The summed E-state index contributed by atoms with van der Waals surface area (Å²) in [5.74, 6) is -0.973. The van der Waals surface area contributed by atoms with Gasteiger partial charge in [0.1, 0.15) is 17.7 Å². The fourth-order valence-corrected chi connectivity index (χ4v) is 3.19. The molecule has 0 bridgehead atoms. The van der Waals surface area contributed by atoms with Gasteiger partial charge in [0.2, 0.25) is 5.91 Å². The maximum atomic E-state index is 12.6. The Labute approximate surface area is 216 Å². The van der Waals surface area contributed by atoms with Crippen molar-refractivity contribution in [2.75, 3.05) is 13.2 Å². The Bertz CT molecular complexity index is 940. The molecule has 1 aliphatic carbocycles. The first-order chi connectivity index (χ1) is 17.4. The minimum absolute atomic E-state index is 0.0242. The van der Waals surface area contributed by atoms with Crippen LogP contribution in [-0.2, 0) is 23.8 Å². The number of benzene rings is 1. The van der Waals surface area contributed by atoms with Gasteiger partial charge < -0.3 is 19.5 Å². The van der Waals surface area contributed by atoms with Crippen LogP contribution >= 0.6 is 0 Å². The van der Waals surface area contributed by atoms with E-state index in [1.807, 2.05) is 0 Å². The lowest BCUT2D eigenvalue weighted by atomic mass is 10.1. The average Bonchev–Trinajstić information content (AvgIpc) is 3.55. The van der Waals surface area contributed by atoms with E-state index < -0.39 is 34.7 Å². The van der Waals surface area contributed by atoms with E-state index in [0.717, 1.165) is 12.8 Å². The van der Waals surface area contributed by atoms with Gasteiger partial charge >= 0.3 is 12.1 Å². The van der Waals surface area contributed by atoms with Crippen molar-refractivity contribution in [2.24, 2.45) is 0 Å². The van der Waals surface area contributed by atoms with Crippen molar-refractivity contribution in [3.8, 4) is 0 Å². The van der Waals surface area contributed by atoms with Gasteiger partial charge in [-0.1, -0.05) is 0 Å². The summed E-state index contributed by atoms with van der Waals surface area (Å²) in [5, 5.41) is 13.6. The Morgan fingerprint density at radius 1 is 1.19 bits per heavy atom. The predicted molar refractivity (Wildman–Crippen MR) is 134 cm³/mol. The third kappa shape index (κ3) is 10.7. The van der Waals surface area contributed by atoms with Gasteiger partial charge in [-0.25, -0.2) is 9.59 Å². The molecule has 1 heterocycles. The zero-order valence-corrected chi connectivity index (χ0v) is 21.6. The van der Waals surface area contributed by atoms with E-state index >= 15 is 0 Å². The molecule has 2 unspecified atom stereocenters. The number of likely N-dealkylation sites (tertiary alicyclic amines) is 1. The number of hydrogen-bond donors (Lipinski definition) is 1. The second-order valence-electron chi connectivity index (χ2n) is 9.05. The molecule has 2 fully saturated rings. The lowest BCUT2D eigenvalue weighted by Gasteiger charge is -2.27. The smallest absolute Gasteiger partial charge is 0.411 e. The van der Waals surface area contributed by atoms with E-state index in [1.165, 1.54) is 29.2 Å². The van der Waals surface area contributed by atoms with Crippen molar-refractivity contribution >= 4 is 30.1 Å². The van der Waals surface area contributed by atoms with E-state index in [0.29, 0.717) is 13.1 Å². The Balaban J connectivity index is 0.000000874. The summed E-state index contributed by atoms with van der Waals surface area (Å²) < 4.78 is 15.0. The van der Waals surface area contributed by atoms with Gasteiger partial charge in [0.25, 0.3) is 12.2 Å². The van der Waals surface area contributed by atoms with E-state index in [-0.39, 0.29) is 36.2 Å². The molecule has 0 aromatic heterocycles. The van der Waals surface area contributed by atoms with Crippen molar-refractivity contribution in [2.45, 2.75) is 70.7 Å². The Kier molecular flexibility index (Phi) is 12.2. The molecular formula is C25H35N3O9. The number of nitro benzene ring substituents is 1. The summed E-state index contributed by atoms with van der Waals surface area (Å²) in [4.78, 5) is 58.3. The summed E-state index contributed by atoms with van der Waals surface area (Å²) in [6.45, 7) is 13.9. The summed E-state index contributed by atoms with van der Waals surface area (Å²) in [6, 6.07) is 4.36. The maximum absolute atomic E-state index is 12.6. The van der Waals surface area contributed by atoms with Gasteiger partial charge in [-0.05, 0) is 52.7 Å². The average molecular weight is 522 g/mol. The van der Waals surface area contributed by atoms with Crippen LogP contribution in [0.25, 0.3) is 0 Å². The highest BCUT2D eigenvalue weighted by Gasteiger charge is 2.44. The molecule has 12 heteroatoms. The van der Waals surface area contributed by atoms with E-state index in [4.69, 9.17) is 9.47 Å². The number of nitro groups is 1. The number of carbonyl (C=O) groups is 4. The fourth-order valence-electron chi connectivity index (χ4n) is 3.19. The molecule has 1 aliphatic heterocycles. The highest BCUT2D eigenvalue weighted by molar-refractivity contribution is 5.90. The van der Waals surface area contributed by atoms with E-state index in [1.54, 1.807) is 27.7 Å². The van der Waals surface area contributed by atoms with Crippen LogP contribution in [0.3, 0.4) is 0 Å². The van der Waals surface area contributed by atoms with Crippen LogP contribution < -0.4 is 5.32 Å². The van der Waals surface area contributed by atoms with E-state index in [2.05, 4.69) is 23.2 Å². The Morgan fingerprint density at radius 2 is 1.78 bits per heavy atom. The van der Waals surface area contributed by atoms with E-state index in [9.17, 15) is 29.3 Å². The minimum Gasteiger partial charge on any atom is -0.468 e. The Morgan fingerprint density at radius 3 is 2.22 bits per heavy atom. The van der Waals surface area contributed by atoms with Crippen LogP contribution in [-0.4, -0.2) is 71.2 Å². The van der Waals surface area contributed by atoms with Crippen LogP contribution in [0.4, 0.5) is 10.5 Å². The molecule has 2 atom stereocenters. The van der Waals surface area contributed by atoms with Crippen LogP contribution in [0.1, 0.15) is 57.3 Å². The number of nitrogens with zero attached hydrogens (tertiary/aromatic N) is 2. The zero-order valence-electron chi connectivity index (χ0n) is 21.6. The van der Waals surface area contributed by atoms with Gasteiger partial charge in [-0.3, -0.25) is 24.6 Å². The zero-order chi connectivity index (χ0) is 28.2. The van der Waals surface area contributed by atoms with Gasteiger partial charge in [0, 0.05) is 24.6 Å². The van der Waals surface area contributed by atoms with Crippen molar-refractivity contribution < 1.29 is 38.3 Å². The number of ether oxygens (including phenoxy) is 3. The third-order valence-electron chi connectivity index (χ3n) is 4.94. The predicted octanol–water partition coefficient (Wildman–Crippen LogP) is 3.39. The number of esters is 1. The fraction of sp³-hybridized carbons (Fsp3) is 0.520. The molecule has 1 N–H and O–H groups in total. The molecule has 12 nitrogen and oxygen atoms in total. The number of nitrogens with one attached hydrogen (secondary N) is 1. The number of non-ortho nitro benzene ring substituents is 1. The Hall–Kier alpha value is -3.96. The quantitative estimate of drug-likeness (QED) is 0.142. The van der Waals surface area contributed by atoms with Crippen LogP contribution in [0.5, 0.6) is 0 Å². The summed E-state index contributed by atoms with van der Waals surface area (Å²) in [6.07, 6.45) is 0.617. The van der Waals surface area contributed by atoms with Gasteiger partial charge in [0.05, 0.1) is 23.6 Å². The maximum Gasteiger partial charge on any atom is 0.411 e. The van der Waals surface area contributed by atoms with Crippen molar-refractivity contribution in [1.29, 1.82) is 0 Å². The van der Waals surface area contributed by atoms with Crippen molar-refractivity contribution in [1.82, 2.24) is 10.2 Å². The molecule has 1 aromatic carbocycles. The summed E-state index contributed by atoms with van der Waals surface area (Å²) >= 11 is 0. The molecule has 2 aliphatic rings. The largest absolute Gasteiger partial charge is 0.468 e. The molecule has 1 saturated carbocycles. The first-order valence-electron chi connectivity index (χ1n) is 11.8. The molecule has 1 aromatic rings. The lowest BCUT2D eigenvalue weighted by Crippen LogP contribution is -2.48. The monoisotopic (exact) mass is 521 g/mol. The molecule has 204 valence electrons. The standard InChI is InChI=1S/C20H25N3O7.C3H6O2.C2H4/c1-20(2,3)30-19(26)22-11-15(10-16(22)17(24)21-13-6-7-13)29-18(25)12-4-8-14(9-5-12)23(27)28;1-2-5-3-4;1-2/h4-5,8-9,13,15-16H,6-7,10-11H2,1-3H3,(H,21,24);3H,2H2,1H3;1-2H2. The minimum atomic E-state index is -0.796. The number of rotatable bonds is 7. The highest BCUT2D eigenvalue weighted by atomic mass is 16.6.